The maximum Gasteiger partial charge on any atom is 0.222 e. The molecule has 0 saturated heterocycles. The lowest BCUT2D eigenvalue weighted by Crippen LogP contribution is -2.32. The van der Waals surface area contributed by atoms with E-state index in [-0.39, 0.29) is 11.9 Å². The second-order valence-corrected chi connectivity index (χ2v) is 5.07. The number of fused-ring (bicyclic) bond motifs is 1. The van der Waals surface area contributed by atoms with Crippen molar-refractivity contribution in [1.29, 1.82) is 0 Å². The second-order valence-electron chi connectivity index (χ2n) is 4.67. The summed E-state index contributed by atoms with van der Waals surface area (Å²) in [5.74, 6) is 0.0556. The van der Waals surface area contributed by atoms with E-state index in [0.717, 1.165) is 17.3 Å². The minimum Gasteiger partial charge on any atom is -0.354 e. The molecular weight excluding hydrogens is 262 g/mol. The van der Waals surface area contributed by atoms with Crippen LogP contribution in [0.5, 0.6) is 0 Å². The minimum absolute atomic E-state index is 0.0556. The SMILES string of the molecule is CCC(C)NC(=O)CCn1ncc2c(Cl)cccc21. The van der Waals surface area contributed by atoms with E-state index in [0.29, 0.717) is 18.0 Å². The maximum absolute atomic E-state index is 11.7. The van der Waals surface area contributed by atoms with Crippen LogP contribution in [0.15, 0.2) is 24.4 Å². The molecule has 0 radical (unpaired) electrons. The van der Waals surface area contributed by atoms with Crippen LogP contribution in [0.2, 0.25) is 5.02 Å². The molecule has 1 N–H and O–H groups in total. The van der Waals surface area contributed by atoms with E-state index in [1.807, 2.05) is 36.7 Å². The van der Waals surface area contributed by atoms with Crippen molar-refractivity contribution in [2.24, 2.45) is 0 Å². The highest BCUT2D eigenvalue weighted by Gasteiger charge is 2.09. The first kappa shape index (κ1) is 13.9. The molecule has 1 unspecified atom stereocenters. The van der Waals surface area contributed by atoms with E-state index in [1.165, 1.54) is 0 Å². The Morgan fingerprint density at radius 1 is 1.53 bits per heavy atom. The Kier molecular flexibility index (Phi) is 4.43. The van der Waals surface area contributed by atoms with Gasteiger partial charge in [0.2, 0.25) is 5.91 Å². The molecule has 19 heavy (non-hydrogen) atoms. The molecule has 1 amide bonds. The van der Waals surface area contributed by atoms with Gasteiger partial charge in [0.05, 0.1) is 23.3 Å². The first-order chi connectivity index (χ1) is 9.11. The van der Waals surface area contributed by atoms with Gasteiger partial charge in [-0.2, -0.15) is 5.10 Å². The molecule has 2 aromatic rings. The van der Waals surface area contributed by atoms with E-state index >= 15 is 0 Å². The Hall–Kier alpha value is -1.55. The van der Waals surface area contributed by atoms with Crippen LogP contribution in [0, 0.1) is 0 Å². The summed E-state index contributed by atoms with van der Waals surface area (Å²) in [6.45, 7) is 4.61. The van der Waals surface area contributed by atoms with Gasteiger partial charge in [-0.3, -0.25) is 9.48 Å². The van der Waals surface area contributed by atoms with Crippen molar-refractivity contribution in [3.63, 3.8) is 0 Å². The fourth-order valence-corrected chi connectivity index (χ4v) is 2.12. The van der Waals surface area contributed by atoms with Crippen LogP contribution in [-0.2, 0) is 11.3 Å². The third kappa shape index (κ3) is 3.26. The molecule has 1 heterocycles. The molecule has 2 rings (SSSR count). The molecule has 0 fully saturated rings. The minimum atomic E-state index is 0.0556. The molecule has 0 aliphatic heterocycles. The van der Waals surface area contributed by atoms with Crippen molar-refractivity contribution in [1.82, 2.24) is 15.1 Å². The molecule has 1 atom stereocenters. The number of amides is 1. The predicted octanol–water partition coefficient (Wildman–Crippen LogP) is 2.99. The van der Waals surface area contributed by atoms with Gasteiger partial charge >= 0.3 is 0 Å². The summed E-state index contributed by atoms with van der Waals surface area (Å²) < 4.78 is 1.82. The van der Waals surface area contributed by atoms with Gasteiger partial charge in [0.15, 0.2) is 0 Å². The van der Waals surface area contributed by atoms with Gasteiger partial charge in [-0.25, -0.2) is 0 Å². The van der Waals surface area contributed by atoms with Crippen molar-refractivity contribution in [2.45, 2.75) is 39.3 Å². The molecule has 0 spiro atoms. The van der Waals surface area contributed by atoms with Crippen molar-refractivity contribution >= 4 is 28.4 Å². The summed E-state index contributed by atoms with van der Waals surface area (Å²) in [5.41, 5.74) is 0.962. The smallest absolute Gasteiger partial charge is 0.222 e. The van der Waals surface area contributed by atoms with Crippen LogP contribution in [0.4, 0.5) is 0 Å². The van der Waals surface area contributed by atoms with Gasteiger partial charge in [-0.1, -0.05) is 24.6 Å². The van der Waals surface area contributed by atoms with Gasteiger partial charge in [-0.05, 0) is 25.5 Å². The first-order valence-corrected chi connectivity index (χ1v) is 6.89. The molecular formula is C14H18ClN3O. The molecule has 0 saturated carbocycles. The number of hydrogen-bond donors (Lipinski definition) is 1. The summed E-state index contributed by atoms with van der Waals surface area (Å²) in [7, 11) is 0. The van der Waals surface area contributed by atoms with E-state index in [4.69, 9.17) is 11.6 Å². The lowest BCUT2D eigenvalue weighted by Gasteiger charge is -2.11. The molecule has 1 aromatic heterocycles. The standard InChI is InChI=1S/C14H18ClN3O/c1-3-10(2)17-14(19)7-8-18-13-6-4-5-12(15)11(13)9-16-18/h4-6,9-10H,3,7-8H2,1-2H3,(H,17,19). The van der Waals surface area contributed by atoms with Crippen molar-refractivity contribution in [3.8, 4) is 0 Å². The average Bonchev–Trinajstić information content (AvgIpc) is 2.81. The summed E-state index contributed by atoms with van der Waals surface area (Å²) in [6, 6.07) is 5.91. The summed E-state index contributed by atoms with van der Waals surface area (Å²) >= 11 is 6.09. The first-order valence-electron chi connectivity index (χ1n) is 6.51. The molecule has 4 nitrogen and oxygen atoms in total. The highest BCUT2D eigenvalue weighted by Crippen LogP contribution is 2.22. The Labute approximate surface area is 117 Å². The molecule has 1 aromatic carbocycles. The van der Waals surface area contributed by atoms with Crippen LogP contribution in [0.1, 0.15) is 26.7 Å². The Morgan fingerprint density at radius 2 is 2.32 bits per heavy atom. The Morgan fingerprint density at radius 3 is 3.05 bits per heavy atom. The number of nitrogens with one attached hydrogen (secondary N) is 1. The fraction of sp³-hybridized carbons (Fsp3) is 0.429. The lowest BCUT2D eigenvalue weighted by atomic mass is 10.2. The van der Waals surface area contributed by atoms with Crippen molar-refractivity contribution in [3.05, 3.63) is 29.4 Å². The molecule has 102 valence electrons. The predicted molar refractivity (Wildman–Crippen MR) is 77.3 cm³/mol. The van der Waals surface area contributed by atoms with Crippen molar-refractivity contribution < 1.29 is 4.79 Å². The number of aromatic nitrogens is 2. The number of carbonyl (C=O) groups is 1. The molecule has 0 aliphatic rings. The lowest BCUT2D eigenvalue weighted by molar-refractivity contribution is -0.121. The van der Waals surface area contributed by atoms with Crippen LogP contribution >= 0.6 is 11.6 Å². The number of hydrogen-bond acceptors (Lipinski definition) is 2. The van der Waals surface area contributed by atoms with E-state index < -0.39 is 0 Å². The largest absolute Gasteiger partial charge is 0.354 e. The van der Waals surface area contributed by atoms with Crippen LogP contribution < -0.4 is 5.32 Å². The summed E-state index contributed by atoms with van der Waals surface area (Å²) in [6.07, 6.45) is 3.10. The number of halogens is 1. The normalized spacial score (nSPS) is 12.6. The van der Waals surface area contributed by atoms with Crippen molar-refractivity contribution in [2.75, 3.05) is 0 Å². The maximum atomic E-state index is 11.7. The monoisotopic (exact) mass is 279 g/mol. The number of aryl methyl sites for hydroxylation is 1. The van der Waals surface area contributed by atoms with E-state index in [2.05, 4.69) is 10.4 Å². The van der Waals surface area contributed by atoms with Gasteiger partial charge in [0.25, 0.3) is 0 Å². The Bertz CT molecular complexity index is 579. The zero-order valence-electron chi connectivity index (χ0n) is 11.2. The highest BCUT2D eigenvalue weighted by molar-refractivity contribution is 6.35. The van der Waals surface area contributed by atoms with Gasteiger partial charge in [0, 0.05) is 17.8 Å². The zero-order chi connectivity index (χ0) is 13.8. The van der Waals surface area contributed by atoms with Crippen LogP contribution in [0.3, 0.4) is 0 Å². The third-order valence-corrected chi connectivity index (χ3v) is 3.53. The quantitative estimate of drug-likeness (QED) is 0.915. The van der Waals surface area contributed by atoms with Gasteiger partial charge < -0.3 is 5.32 Å². The average molecular weight is 280 g/mol. The highest BCUT2D eigenvalue weighted by atomic mass is 35.5. The van der Waals surface area contributed by atoms with Gasteiger partial charge in [-0.15, -0.1) is 0 Å². The number of rotatable bonds is 5. The molecule has 0 aliphatic carbocycles. The van der Waals surface area contributed by atoms with Crippen LogP contribution in [0.25, 0.3) is 10.9 Å². The van der Waals surface area contributed by atoms with Gasteiger partial charge in [0.1, 0.15) is 0 Å². The fourth-order valence-electron chi connectivity index (χ4n) is 1.90. The molecule has 5 heteroatoms. The molecule has 0 bridgehead atoms. The third-order valence-electron chi connectivity index (χ3n) is 3.20. The zero-order valence-corrected chi connectivity index (χ0v) is 11.9. The van der Waals surface area contributed by atoms with E-state index in [1.54, 1.807) is 6.20 Å². The summed E-state index contributed by atoms with van der Waals surface area (Å²) in [5, 5.41) is 8.84. The summed E-state index contributed by atoms with van der Waals surface area (Å²) in [4.78, 5) is 11.7. The number of nitrogens with zero attached hydrogens (tertiary/aromatic N) is 2. The number of benzene rings is 1. The number of carbonyl (C=O) groups excluding carboxylic acids is 1. The van der Waals surface area contributed by atoms with Crippen LogP contribution in [-0.4, -0.2) is 21.7 Å². The Balaban J connectivity index is 2.02. The second kappa shape index (κ2) is 6.06. The topological polar surface area (TPSA) is 46.9 Å². The van der Waals surface area contributed by atoms with E-state index in [9.17, 15) is 4.79 Å².